The molecule has 0 spiro atoms. The van der Waals surface area contributed by atoms with Gasteiger partial charge < -0.3 is 10.2 Å². The highest BCUT2D eigenvalue weighted by Crippen LogP contribution is 2.18. The Morgan fingerprint density at radius 1 is 1.00 bits per heavy atom. The van der Waals surface area contributed by atoms with Crippen molar-refractivity contribution >= 4 is 0 Å². The number of benzene rings is 1. The maximum Gasteiger partial charge on any atom is 0.159 e. The summed E-state index contributed by atoms with van der Waals surface area (Å²) in [6, 6.07) is 3.49. The van der Waals surface area contributed by atoms with Gasteiger partial charge in [-0.1, -0.05) is 6.07 Å². The lowest BCUT2D eigenvalue weighted by Gasteiger charge is -2.36. The molecule has 0 radical (unpaired) electrons. The normalized spacial score (nSPS) is 20.4. The summed E-state index contributed by atoms with van der Waals surface area (Å²) in [7, 11) is 0. The molecule has 118 valence electrons. The number of piperazine rings is 1. The molecule has 1 saturated heterocycles. The number of rotatable bonds is 5. The van der Waals surface area contributed by atoms with E-state index < -0.39 is 17.7 Å². The standard InChI is InChI=1S/C15H22F2N2O2/c1-11(20)9-18-4-6-19(7-5-18)10-15(21)12-2-3-13(16)14(17)8-12/h2-3,8,11,15,20-21H,4-7,9-10H2,1H3. The van der Waals surface area contributed by atoms with Crippen LogP contribution in [0.3, 0.4) is 0 Å². The predicted octanol–water partition coefficient (Wildman–Crippen LogP) is 0.997. The van der Waals surface area contributed by atoms with Crippen LogP contribution in [0.4, 0.5) is 8.78 Å². The number of aliphatic hydroxyl groups excluding tert-OH is 2. The average Bonchev–Trinajstić information content (AvgIpc) is 2.43. The van der Waals surface area contributed by atoms with Crippen LogP contribution in [0.15, 0.2) is 18.2 Å². The molecule has 0 aliphatic carbocycles. The number of β-amino-alcohol motifs (C(OH)–C–C–N with tert-alkyl or cyclic N) is 2. The van der Waals surface area contributed by atoms with Crippen LogP contribution >= 0.6 is 0 Å². The molecule has 4 nitrogen and oxygen atoms in total. The van der Waals surface area contributed by atoms with Gasteiger partial charge >= 0.3 is 0 Å². The van der Waals surface area contributed by atoms with Crippen LogP contribution in [0.1, 0.15) is 18.6 Å². The van der Waals surface area contributed by atoms with E-state index in [0.29, 0.717) is 18.7 Å². The second kappa shape index (κ2) is 7.26. The maximum absolute atomic E-state index is 13.2. The number of hydrogen-bond acceptors (Lipinski definition) is 4. The minimum atomic E-state index is -0.937. The van der Waals surface area contributed by atoms with Gasteiger partial charge in [-0.25, -0.2) is 8.78 Å². The summed E-state index contributed by atoms with van der Waals surface area (Å²) in [5.74, 6) is -1.84. The summed E-state index contributed by atoms with van der Waals surface area (Å²) in [6.07, 6.45) is -1.17. The summed E-state index contributed by atoms with van der Waals surface area (Å²) in [5, 5.41) is 19.5. The SMILES string of the molecule is CC(O)CN1CCN(CC(O)c2ccc(F)c(F)c2)CC1. The average molecular weight is 300 g/mol. The minimum Gasteiger partial charge on any atom is -0.392 e. The van der Waals surface area contributed by atoms with Crippen LogP contribution in [-0.2, 0) is 0 Å². The summed E-state index contributed by atoms with van der Waals surface area (Å²) < 4.78 is 26.0. The molecule has 1 aromatic carbocycles. The molecule has 2 unspecified atom stereocenters. The van der Waals surface area contributed by atoms with Crippen LogP contribution in [0.25, 0.3) is 0 Å². The highest BCUT2D eigenvalue weighted by molar-refractivity contribution is 5.20. The Morgan fingerprint density at radius 3 is 2.10 bits per heavy atom. The van der Waals surface area contributed by atoms with Crippen LogP contribution in [0.2, 0.25) is 0 Å². The van der Waals surface area contributed by atoms with Gasteiger partial charge in [-0.15, -0.1) is 0 Å². The van der Waals surface area contributed by atoms with Gasteiger partial charge in [0.1, 0.15) is 0 Å². The monoisotopic (exact) mass is 300 g/mol. The first-order valence-electron chi connectivity index (χ1n) is 7.21. The number of hydrogen-bond donors (Lipinski definition) is 2. The molecule has 21 heavy (non-hydrogen) atoms. The zero-order valence-corrected chi connectivity index (χ0v) is 12.2. The number of halogens is 2. The Bertz CT molecular complexity index is 463. The predicted molar refractivity (Wildman–Crippen MR) is 75.9 cm³/mol. The van der Waals surface area contributed by atoms with Gasteiger partial charge in [0.05, 0.1) is 12.2 Å². The van der Waals surface area contributed by atoms with Gasteiger partial charge in [-0.3, -0.25) is 9.80 Å². The Kier molecular flexibility index (Phi) is 5.64. The lowest BCUT2D eigenvalue weighted by Crippen LogP contribution is -2.49. The van der Waals surface area contributed by atoms with Crippen molar-refractivity contribution in [2.75, 3.05) is 39.3 Å². The molecule has 0 bridgehead atoms. The molecule has 1 aromatic rings. The van der Waals surface area contributed by atoms with Crippen LogP contribution < -0.4 is 0 Å². The third-order valence-electron chi connectivity index (χ3n) is 3.75. The Hall–Kier alpha value is -1.08. The fourth-order valence-electron chi connectivity index (χ4n) is 2.60. The van der Waals surface area contributed by atoms with E-state index in [9.17, 15) is 19.0 Å². The number of nitrogens with zero attached hydrogens (tertiary/aromatic N) is 2. The smallest absolute Gasteiger partial charge is 0.159 e. The first-order valence-corrected chi connectivity index (χ1v) is 7.21. The van der Waals surface area contributed by atoms with Gasteiger partial charge in [-0.2, -0.15) is 0 Å². The summed E-state index contributed by atoms with van der Waals surface area (Å²) >= 11 is 0. The third-order valence-corrected chi connectivity index (χ3v) is 3.75. The second-order valence-electron chi connectivity index (χ2n) is 5.64. The molecule has 6 heteroatoms. The Labute approximate surface area is 123 Å². The molecule has 1 fully saturated rings. The van der Waals surface area contributed by atoms with Gasteiger partial charge in [-0.05, 0) is 24.6 Å². The van der Waals surface area contributed by atoms with Crippen molar-refractivity contribution in [3.05, 3.63) is 35.4 Å². The van der Waals surface area contributed by atoms with Gasteiger partial charge in [0.25, 0.3) is 0 Å². The van der Waals surface area contributed by atoms with Crippen molar-refractivity contribution in [3.8, 4) is 0 Å². The van der Waals surface area contributed by atoms with Crippen LogP contribution in [-0.4, -0.2) is 65.4 Å². The van der Waals surface area contributed by atoms with Gasteiger partial charge in [0.2, 0.25) is 0 Å². The summed E-state index contributed by atoms with van der Waals surface area (Å²) in [5.41, 5.74) is 0.389. The molecule has 1 heterocycles. The summed E-state index contributed by atoms with van der Waals surface area (Å²) in [4.78, 5) is 4.26. The van der Waals surface area contributed by atoms with Crippen molar-refractivity contribution in [2.45, 2.75) is 19.1 Å². The Balaban J connectivity index is 1.84. The largest absolute Gasteiger partial charge is 0.392 e. The molecule has 1 aliphatic heterocycles. The van der Waals surface area contributed by atoms with E-state index in [1.807, 2.05) is 0 Å². The van der Waals surface area contributed by atoms with Crippen molar-refractivity contribution < 1.29 is 19.0 Å². The molecule has 2 rings (SSSR count). The van der Waals surface area contributed by atoms with E-state index in [1.165, 1.54) is 6.07 Å². The highest BCUT2D eigenvalue weighted by Gasteiger charge is 2.21. The fraction of sp³-hybridized carbons (Fsp3) is 0.600. The van der Waals surface area contributed by atoms with Crippen LogP contribution in [0, 0.1) is 11.6 Å². The van der Waals surface area contributed by atoms with E-state index in [-0.39, 0.29) is 6.10 Å². The molecular formula is C15H22F2N2O2. The first kappa shape index (κ1) is 16.3. The zero-order chi connectivity index (χ0) is 15.4. The van der Waals surface area contributed by atoms with E-state index in [0.717, 1.165) is 38.3 Å². The molecule has 0 amide bonds. The molecule has 0 aromatic heterocycles. The maximum atomic E-state index is 13.2. The topological polar surface area (TPSA) is 46.9 Å². The summed E-state index contributed by atoms with van der Waals surface area (Å²) in [6.45, 7) is 6.04. The van der Waals surface area contributed by atoms with Crippen molar-refractivity contribution in [2.24, 2.45) is 0 Å². The third kappa shape index (κ3) is 4.71. The van der Waals surface area contributed by atoms with E-state index in [1.54, 1.807) is 6.92 Å². The zero-order valence-electron chi connectivity index (χ0n) is 12.2. The van der Waals surface area contributed by atoms with E-state index in [2.05, 4.69) is 9.80 Å². The molecule has 2 N–H and O–H groups in total. The molecule has 2 atom stereocenters. The van der Waals surface area contributed by atoms with Crippen LogP contribution in [0.5, 0.6) is 0 Å². The lowest BCUT2D eigenvalue weighted by atomic mass is 10.1. The molecule has 0 saturated carbocycles. The quantitative estimate of drug-likeness (QED) is 0.851. The molecule has 1 aliphatic rings. The van der Waals surface area contributed by atoms with Crippen molar-refractivity contribution in [3.63, 3.8) is 0 Å². The van der Waals surface area contributed by atoms with E-state index >= 15 is 0 Å². The first-order chi connectivity index (χ1) is 9.95. The van der Waals surface area contributed by atoms with Gasteiger partial charge in [0.15, 0.2) is 11.6 Å². The number of aliphatic hydroxyl groups is 2. The lowest BCUT2D eigenvalue weighted by molar-refractivity contribution is 0.0525. The molecular weight excluding hydrogens is 278 g/mol. The van der Waals surface area contributed by atoms with Crippen molar-refractivity contribution in [1.82, 2.24) is 9.80 Å². The minimum absolute atomic E-state index is 0.343. The second-order valence-corrected chi connectivity index (χ2v) is 5.64. The van der Waals surface area contributed by atoms with Gasteiger partial charge in [0, 0.05) is 39.3 Å². The van der Waals surface area contributed by atoms with Crippen molar-refractivity contribution in [1.29, 1.82) is 0 Å². The highest BCUT2D eigenvalue weighted by atomic mass is 19.2. The van der Waals surface area contributed by atoms with E-state index in [4.69, 9.17) is 0 Å². The Morgan fingerprint density at radius 2 is 1.57 bits per heavy atom. The fourth-order valence-corrected chi connectivity index (χ4v) is 2.60.